The number of benzene rings is 1. The van der Waals surface area contributed by atoms with Crippen molar-refractivity contribution in [3.05, 3.63) is 35.4 Å². The summed E-state index contributed by atoms with van der Waals surface area (Å²) in [7, 11) is -4.41. The SMILES string of the molecule is CCCCCC(CCC)COCC(C[N+]1=Cc2ccccc2CC1)S(=O)(=O)[O-]. The molecule has 2 rings (SSSR count). The predicted molar refractivity (Wildman–Crippen MR) is 112 cm³/mol. The molecule has 0 saturated heterocycles. The number of rotatable bonds is 13. The highest BCUT2D eigenvalue weighted by molar-refractivity contribution is 7.86. The second-order valence-corrected chi connectivity index (χ2v) is 9.53. The molecule has 1 heterocycles. The highest BCUT2D eigenvalue weighted by atomic mass is 32.2. The summed E-state index contributed by atoms with van der Waals surface area (Å²) in [4.78, 5) is 0. The second kappa shape index (κ2) is 11.7. The minimum absolute atomic E-state index is 0.0220. The zero-order valence-electron chi connectivity index (χ0n) is 17.3. The maximum Gasteiger partial charge on any atom is 0.171 e. The van der Waals surface area contributed by atoms with Crippen LogP contribution in [-0.4, -0.2) is 55.3 Å². The summed E-state index contributed by atoms with van der Waals surface area (Å²) >= 11 is 0. The summed E-state index contributed by atoms with van der Waals surface area (Å²) in [6.07, 6.45) is 9.66. The Hall–Kier alpha value is -1.24. The Bertz CT molecular complexity index is 730. The van der Waals surface area contributed by atoms with E-state index in [2.05, 4.69) is 19.9 Å². The Morgan fingerprint density at radius 2 is 1.89 bits per heavy atom. The normalized spacial score (nSPS) is 16.3. The van der Waals surface area contributed by atoms with Gasteiger partial charge in [-0.3, -0.25) is 0 Å². The number of fused-ring (bicyclic) bond motifs is 1. The summed E-state index contributed by atoms with van der Waals surface area (Å²) in [5.74, 6) is 0.444. The minimum atomic E-state index is -4.41. The van der Waals surface area contributed by atoms with Crippen LogP contribution in [0.15, 0.2) is 24.3 Å². The number of hydrogen-bond acceptors (Lipinski definition) is 4. The van der Waals surface area contributed by atoms with Crippen molar-refractivity contribution >= 4 is 16.3 Å². The van der Waals surface area contributed by atoms with Gasteiger partial charge >= 0.3 is 0 Å². The Kier molecular flexibility index (Phi) is 9.62. The molecule has 0 fully saturated rings. The molecule has 0 amide bonds. The molecule has 0 radical (unpaired) electrons. The Morgan fingerprint density at radius 1 is 1.11 bits per heavy atom. The maximum absolute atomic E-state index is 11.8. The van der Waals surface area contributed by atoms with Crippen LogP contribution in [0.5, 0.6) is 0 Å². The lowest BCUT2D eigenvalue weighted by Crippen LogP contribution is -2.38. The summed E-state index contributed by atoms with van der Waals surface area (Å²) in [6.45, 7) is 5.77. The van der Waals surface area contributed by atoms with Gasteiger partial charge in [0.2, 0.25) is 0 Å². The van der Waals surface area contributed by atoms with Crippen LogP contribution in [0.4, 0.5) is 0 Å². The van der Waals surface area contributed by atoms with Crippen molar-refractivity contribution in [2.45, 2.75) is 64.0 Å². The molecule has 1 aliphatic rings. The van der Waals surface area contributed by atoms with Crippen molar-refractivity contribution in [1.29, 1.82) is 0 Å². The van der Waals surface area contributed by atoms with Gasteiger partial charge in [0.05, 0.1) is 6.61 Å². The lowest BCUT2D eigenvalue weighted by atomic mass is 9.97. The van der Waals surface area contributed by atoms with E-state index in [1.807, 2.05) is 29.0 Å². The zero-order chi connectivity index (χ0) is 20.4. The second-order valence-electron chi connectivity index (χ2n) is 7.88. The smallest absolute Gasteiger partial charge is 0.171 e. The first kappa shape index (κ1) is 23.0. The lowest BCUT2D eigenvalue weighted by Gasteiger charge is -2.22. The van der Waals surface area contributed by atoms with Crippen LogP contribution in [0, 0.1) is 5.92 Å². The van der Waals surface area contributed by atoms with Crippen LogP contribution in [0.1, 0.15) is 63.5 Å². The van der Waals surface area contributed by atoms with Gasteiger partial charge in [0, 0.05) is 18.6 Å². The number of ether oxygens (including phenoxy) is 1. The third kappa shape index (κ3) is 7.64. The van der Waals surface area contributed by atoms with E-state index in [9.17, 15) is 13.0 Å². The van der Waals surface area contributed by atoms with Crippen molar-refractivity contribution in [1.82, 2.24) is 0 Å². The van der Waals surface area contributed by atoms with Crippen LogP contribution < -0.4 is 0 Å². The molecule has 0 saturated carbocycles. The third-order valence-electron chi connectivity index (χ3n) is 5.46. The first-order chi connectivity index (χ1) is 13.4. The summed E-state index contributed by atoms with van der Waals surface area (Å²) < 4.78 is 43.1. The topological polar surface area (TPSA) is 69.4 Å². The molecule has 1 aliphatic heterocycles. The van der Waals surface area contributed by atoms with Crippen LogP contribution >= 0.6 is 0 Å². The van der Waals surface area contributed by atoms with Crippen LogP contribution in [0.25, 0.3) is 0 Å². The monoisotopic (exact) mass is 409 g/mol. The van der Waals surface area contributed by atoms with Gasteiger partial charge in [-0.25, -0.2) is 13.0 Å². The largest absolute Gasteiger partial charge is 0.747 e. The average Bonchev–Trinajstić information content (AvgIpc) is 2.66. The maximum atomic E-state index is 11.8. The molecule has 28 heavy (non-hydrogen) atoms. The van der Waals surface area contributed by atoms with Gasteiger partial charge in [0.25, 0.3) is 0 Å². The Labute approximate surface area is 170 Å². The van der Waals surface area contributed by atoms with Crippen LogP contribution in [-0.2, 0) is 21.3 Å². The van der Waals surface area contributed by atoms with Crippen molar-refractivity contribution in [3.63, 3.8) is 0 Å². The molecule has 1 aromatic rings. The molecule has 0 bridgehead atoms. The fraction of sp³-hybridized carbons (Fsp3) is 0.682. The van der Waals surface area contributed by atoms with Crippen LogP contribution in [0.3, 0.4) is 0 Å². The van der Waals surface area contributed by atoms with E-state index in [1.165, 1.54) is 24.8 Å². The van der Waals surface area contributed by atoms with Gasteiger partial charge in [-0.15, -0.1) is 0 Å². The molecule has 1 aromatic carbocycles. The fourth-order valence-corrected chi connectivity index (χ4v) is 4.45. The van der Waals surface area contributed by atoms with E-state index >= 15 is 0 Å². The van der Waals surface area contributed by atoms with Gasteiger partial charge < -0.3 is 9.29 Å². The lowest BCUT2D eigenvalue weighted by molar-refractivity contribution is -0.524. The van der Waals surface area contributed by atoms with Gasteiger partial charge in [-0.1, -0.05) is 57.7 Å². The molecular formula is C22H35NO4S. The van der Waals surface area contributed by atoms with Gasteiger partial charge in [-0.2, -0.15) is 0 Å². The molecule has 0 spiro atoms. The highest BCUT2D eigenvalue weighted by Crippen LogP contribution is 2.17. The van der Waals surface area contributed by atoms with E-state index in [0.717, 1.165) is 37.8 Å². The molecule has 158 valence electrons. The van der Waals surface area contributed by atoms with Gasteiger partial charge in [-0.05, 0) is 30.4 Å². The molecule has 0 N–H and O–H groups in total. The van der Waals surface area contributed by atoms with Crippen molar-refractivity contribution < 1.29 is 22.3 Å². The van der Waals surface area contributed by atoms with E-state index in [4.69, 9.17) is 4.74 Å². The fourth-order valence-electron chi connectivity index (χ4n) is 3.81. The van der Waals surface area contributed by atoms with E-state index in [1.54, 1.807) is 0 Å². The summed E-state index contributed by atoms with van der Waals surface area (Å²) in [6, 6.07) is 8.08. The summed E-state index contributed by atoms with van der Waals surface area (Å²) in [5, 5.41) is -1.04. The van der Waals surface area contributed by atoms with Crippen LogP contribution in [0.2, 0.25) is 0 Å². The standard InChI is InChI=1S/C22H35NO4S/c1-3-5-6-10-19(9-4-2)17-27-18-22(28(24,25)26)16-23-14-13-20-11-7-8-12-21(20)15-23/h7-8,11-12,15,19,22H,3-6,9-10,13-14,16-18H2,1-2H3. The first-order valence-corrected chi connectivity index (χ1v) is 12.1. The van der Waals surface area contributed by atoms with E-state index in [-0.39, 0.29) is 13.2 Å². The molecule has 0 aromatic heterocycles. The zero-order valence-corrected chi connectivity index (χ0v) is 18.1. The predicted octanol–water partition coefficient (Wildman–Crippen LogP) is 3.60. The average molecular weight is 410 g/mol. The van der Waals surface area contributed by atoms with E-state index in [0.29, 0.717) is 12.5 Å². The molecule has 0 aliphatic carbocycles. The highest BCUT2D eigenvalue weighted by Gasteiger charge is 2.25. The number of unbranched alkanes of at least 4 members (excludes halogenated alkanes) is 2. The van der Waals surface area contributed by atoms with Crippen molar-refractivity contribution in [3.8, 4) is 0 Å². The number of hydrogen-bond donors (Lipinski definition) is 0. The molecule has 2 unspecified atom stereocenters. The minimum Gasteiger partial charge on any atom is -0.747 e. The summed E-state index contributed by atoms with van der Waals surface area (Å²) in [5.41, 5.74) is 2.35. The first-order valence-electron chi connectivity index (χ1n) is 10.6. The number of nitrogens with zero attached hydrogens (tertiary/aromatic N) is 1. The van der Waals surface area contributed by atoms with Gasteiger partial charge in [0.15, 0.2) is 12.8 Å². The van der Waals surface area contributed by atoms with Gasteiger partial charge in [0.1, 0.15) is 21.9 Å². The Balaban J connectivity index is 1.93. The van der Waals surface area contributed by atoms with Crippen molar-refractivity contribution in [2.24, 2.45) is 5.92 Å². The third-order valence-corrected chi connectivity index (χ3v) is 6.56. The van der Waals surface area contributed by atoms with Crippen molar-refractivity contribution in [2.75, 3.05) is 26.3 Å². The molecule has 5 nitrogen and oxygen atoms in total. The van der Waals surface area contributed by atoms with E-state index < -0.39 is 15.4 Å². The molecule has 6 heteroatoms. The quantitative estimate of drug-likeness (QED) is 0.284. The molecule has 2 atom stereocenters. The molecular weight excluding hydrogens is 374 g/mol. The Morgan fingerprint density at radius 3 is 2.61 bits per heavy atom.